The van der Waals surface area contributed by atoms with Crippen molar-refractivity contribution in [2.45, 2.75) is 52.0 Å². The molecule has 1 aromatic heterocycles. The lowest BCUT2D eigenvalue weighted by Crippen LogP contribution is -2.31. The van der Waals surface area contributed by atoms with Gasteiger partial charge in [0.25, 0.3) is 0 Å². The van der Waals surface area contributed by atoms with E-state index in [1.165, 1.54) is 37.0 Å². The number of nitrogens with zero attached hydrogens (tertiary/aromatic N) is 2. The maximum atomic E-state index is 4.02. The largest absolute Gasteiger partial charge is 0.309 e. The van der Waals surface area contributed by atoms with Gasteiger partial charge in [-0.25, -0.2) is 0 Å². The summed E-state index contributed by atoms with van der Waals surface area (Å²) in [7, 11) is 0. The highest BCUT2D eigenvalue weighted by atomic mass is 32.1. The Hall–Kier alpha value is -0.480. The van der Waals surface area contributed by atoms with Crippen molar-refractivity contribution in [2.75, 3.05) is 6.54 Å². The first-order valence-corrected chi connectivity index (χ1v) is 7.59. The molecule has 3 nitrogen and oxygen atoms in total. The van der Waals surface area contributed by atoms with Gasteiger partial charge in [0, 0.05) is 6.04 Å². The molecule has 0 bridgehead atoms. The highest BCUT2D eigenvalue weighted by molar-refractivity contribution is 7.05. The smallest absolute Gasteiger partial charge is 0.0669 e. The second-order valence-corrected chi connectivity index (χ2v) is 6.10. The van der Waals surface area contributed by atoms with E-state index in [-0.39, 0.29) is 0 Å². The Labute approximate surface area is 108 Å². The van der Waals surface area contributed by atoms with Crippen LogP contribution in [0, 0.1) is 11.8 Å². The van der Waals surface area contributed by atoms with Crippen LogP contribution in [0.2, 0.25) is 0 Å². The molecule has 1 aliphatic carbocycles. The van der Waals surface area contributed by atoms with Crippen molar-refractivity contribution in [3.05, 3.63) is 11.1 Å². The van der Waals surface area contributed by atoms with Crippen LogP contribution in [0.3, 0.4) is 0 Å². The van der Waals surface area contributed by atoms with Gasteiger partial charge in [-0.15, -0.1) is 5.10 Å². The molecule has 3 unspecified atom stereocenters. The Morgan fingerprint density at radius 1 is 1.53 bits per heavy atom. The third-order valence-corrected chi connectivity index (χ3v) is 4.49. The molecule has 1 heterocycles. The molecule has 0 aromatic carbocycles. The number of nitrogens with one attached hydrogen (secondary N) is 1. The highest BCUT2D eigenvalue weighted by Gasteiger charge is 2.28. The van der Waals surface area contributed by atoms with Crippen LogP contribution in [0.4, 0.5) is 0 Å². The van der Waals surface area contributed by atoms with Gasteiger partial charge in [-0.2, -0.15) is 0 Å². The number of rotatable bonds is 5. The van der Waals surface area contributed by atoms with E-state index in [0.29, 0.717) is 6.04 Å². The van der Waals surface area contributed by atoms with Gasteiger partial charge >= 0.3 is 0 Å². The fourth-order valence-electron chi connectivity index (χ4n) is 2.90. The molecule has 4 heteroatoms. The summed E-state index contributed by atoms with van der Waals surface area (Å²) in [5, 5.41) is 7.69. The lowest BCUT2D eigenvalue weighted by Gasteiger charge is -2.33. The van der Waals surface area contributed by atoms with Gasteiger partial charge in [-0.1, -0.05) is 31.2 Å². The van der Waals surface area contributed by atoms with Crippen LogP contribution in [0.15, 0.2) is 6.20 Å². The molecule has 1 N–H and O–H groups in total. The van der Waals surface area contributed by atoms with Crippen LogP contribution in [-0.2, 0) is 0 Å². The summed E-state index contributed by atoms with van der Waals surface area (Å²) in [5.74, 6) is 1.65. The van der Waals surface area contributed by atoms with Crippen molar-refractivity contribution >= 4 is 11.5 Å². The van der Waals surface area contributed by atoms with Crippen molar-refractivity contribution in [2.24, 2.45) is 11.8 Å². The fraction of sp³-hybridized carbons (Fsp3) is 0.846. The van der Waals surface area contributed by atoms with Crippen LogP contribution in [-0.4, -0.2) is 16.1 Å². The van der Waals surface area contributed by atoms with Crippen molar-refractivity contribution in [1.29, 1.82) is 0 Å². The molecule has 1 fully saturated rings. The monoisotopic (exact) mass is 253 g/mol. The average molecular weight is 253 g/mol. The molecule has 1 aliphatic rings. The van der Waals surface area contributed by atoms with Gasteiger partial charge in [-0.3, -0.25) is 0 Å². The molecular formula is C13H23N3S. The molecule has 2 rings (SSSR count). The maximum absolute atomic E-state index is 4.02. The van der Waals surface area contributed by atoms with Crippen molar-refractivity contribution in [3.8, 4) is 0 Å². The quantitative estimate of drug-likeness (QED) is 0.874. The normalized spacial score (nSPS) is 26.9. The van der Waals surface area contributed by atoms with Crippen molar-refractivity contribution in [3.63, 3.8) is 0 Å². The Kier molecular flexibility index (Phi) is 4.92. The third-order valence-electron chi connectivity index (χ3n) is 3.75. The zero-order chi connectivity index (χ0) is 12.1. The second kappa shape index (κ2) is 6.45. The molecule has 3 atom stereocenters. The SMILES string of the molecule is CCCNC(c1cnns1)C1CCCC(C)C1. The van der Waals surface area contributed by atoms with Gasteiger partial charge in [0.05, 0.1) is 11.1 Å². The summed E-state index contributed by atoms with van der Waals surface area (Å²) in [6.45, 7) is 5.69. The summed E-state index contributed by atoms with van der Waals surface area (Å²) >= 11 is 1.55. The first kappa shape index (κ1) is 13.0. The maximum Gasteiger partial charge on any atom is 0.0669 e. The lowest BCUT2D eigenvalue weighted by atomic mass is 9.78. The molecule has 1 aromatic rings. The Morgan fingerprint density at radius 2 is 2.41 bits per heavy atom. The fourth-order valence-corrected chi connectivity index (χ4v) is 3.57. The van der Waals surface area contributed by atoms with E-state index < -0.39 is 0 Å². The highest BCUT2D eigenvalue weighted by Crippen LogP contribution is 2.37. The Balaban J connectivity index is 2.03. The molecular weight excluding hydrogens is 230 g/mol. The second-order valence-electron chi connectivity index (χ2n) is 5.28. The lowest BCUT2D eigenvalue weighted by molar-refractivity contribution is 0.225. The van der Waals surface area contributed by atoms with Crippen LogP contribution in [0.5, 0.6) is 0 Å². The molecule has 0 radical (unpaired) electrons. The van der Waals surface area contributed by atoms with E-state index >= 15 is 0 Å². The molecule has 0 spiro atoms. The molecule has 17 heavy (non-hydrogen) atoms. The average Bonchev–Trinajstić information content (AvgIpc) is 2.83. The molecule has 0 saturated heterocycles. The van der Waals surface area contributed by atoms with Gasteiger partial charge in [0.15, 0.2) is 0 Å². The zero-order valence-electron chi connectivity index (χ0n) is 10.9. The zero-order valence-corrected chi connectivity index (χ0v) is 11.7. The van der Waals surface area contributed by atoms with Gasteiger partial charge in [0.1, 0.15) is 0 Å². The summed E-state index contributed by atoms with van der Waals surface area (Å²) in [6, 6.07) is 0.484. The van der Waals surface area contributed by atoms with E-state index in [1.54, 1.807) is 11.5 Å². The van der Waals surface area contributed by atoms with E-state index in [2.05, 4.69) is 28.8 Å². The van der Waals surface area contributed by atoms with Gasteiger partial charge in [0.2, 0.25) is 0 Å². The van der Waals surface area contributed by atoms with Crippen molar-refractivity contribution in [1.82, 2.24) is 14.9 Å². The van der Waals surface area contributed by atoms with Crippen LogP contribution >= 0.6 is 11.5 Å². The van der Waals surface area contributed by atoms with Crippen LogP contribution in [0.25, 0.3) is 0 Å². The summed E-state index contributed by atoms with van der Waals surface area (Å²) in [4.78, 5) is 1.32. The first-order valence-electron chi connectivity index (χ1n) is 6.82. The minimum Gasteiger partial charge on any atom is -0.309 e. The van der Waals surface area contributed by atoms with E-state index in [1.807, 2.05) is 6.20 Å². The molecule has 96 valence electrons. The summed E-state index contributed by atoms with van der Waals surface area (Å²) in [5.41, 5.74) is 0. The predicted octanol–water partition coefficient (Wildman–Crippen LogP) is 3.41. The standard InChI is InChI=1S/C13H23N3S/c1-3-7-14-13(12-9-15-16-17-12)11-6-4-5-10(2)8-11/h9-11,13-14H,3-8H2,1-2H3. The number of aromatic nitrogens is 2. The van der Waals surface area contributed by atoms with Gasteiger partial charge in [-0.05, 0) is 49.2 Å². The summed E-state index contributed by atoms with van der Waals surface area (Å²) in [6.07, 6.45) is 8.60. The molecule has 0 amide bonds. The minimum absolute atomic E-state index is 0.484. The van der Waals surface area contributed by atoms with E-state index in [0.717, 1.165) is 18.4 Å². The van der Waals surface area contributed by atoms with E-state index in [9.17, 15) is 0 Å². The first-order chi connectivity index (χ1) is 8.31. The van der Waals surface area contributed by atoms with Crippen molar-refractivity contribution < 1.29 is 0 Å². The third kappa shape index (κ3) is 3.49. The minimum atomic E-state index is 0.484. The molecule has 1 saturated carbocycles. The Bertz CT molecular complexity index is 312. The van der Waals surface area contributed by atoms with Crippen LogP contribution in [0.1, 0.15) is 56.9 Å². The Morgan fingerprint density at radius 3 is 3.06 bits per heavy atom. The van der Waals surface area contributed by atoms with E-state index in [4.69, 9.17) is 0 Å². The molecule has 0 aliphatic heterocycles. The van der Waals surface area contributed by atoms with Gasteiger partial charge < -0.3 is 5.32 Å². The number of hydrogen-bond donors (Lipinski definition) is 1. The summed E-state index contributed by atoms with van der Waals surface area (Å²) < 4.78 is 4.02. The number of hydrogen-bond acceptors (Lipinski definition) is 4. The topological polar surface area (TPSA) is 37.8 Å². The van der Waals surface area contributed by atoms with Crippen LogP contribution < -0.4 is 5.32 Å². The predicted molar refractivity (Wildman–Crippen MR) is 72.1 cm³/mol.